The Morgan fingerprint density at radius 2 is 1.85 bits per heavy atom. The number of rotatable bonds is 4. The van der Waals surface area contributed by atoms with Gasteiger partial charge in [0.15, 0.2) is 4.67 Å². The third kappa shape index (κ3) is 3.27. The molecule has 0 unspecified atom stereocenters. The molecule has 0 saturated heterocycles. The maximum absolute atomic E-state index is 11.9. The first-order valence-electron chi connectivity index (χ1n) is 5.94. The van der Waals surface area contributed by atoms with Gasteiger partial charge in [-0.05, 0) is 39.7 Å². The fourth-order valence-electron chi connectivity index (χ4n) is 1.65. The zero-order valence-electron chi connectivity index (χ0n) is 10.8. The van der Waals surface area contributed by atoms with Crippen molar-refractivity contribution in [3.63, 3.8) is 0 Å². The number of hydrogen-bond acceptors (Lipinski definition) is 3. The Labute approximate surface area is 124 Å². The topological polar surface area (TPSA) is 71.3 Å². The van der Waals surface area contributed by atoms with Crippen LogP contribution in [0.25, 0.3) is 0 Å². The SMILES string of the molecule is CNC(=O)c1ccc(CNC(=O)c2ccoc2Br)cc1. The number of hydrogen-bond donors (Lipinski definition) is 2. The smallest absolute Gasteiger partial charge is 0.256 e. The van der Waals surface area contributed by atoms with E-state index in [9.17, 15) is 9.59 Å². The third-order valence-corrected chi connectivity index (χ3v) is 3.37. The molecular formula is C14H13BrN2O3. The van der Waals surface area contributed by atoms with Crippen LogP contribution in [0.3, 0.4) is 0 Å². The molecular weight excluding hydrogens is 324 g/mol. The van der Waals surface area contributed by atoms with Crippen molar-refractivity contribution in [1.29, 1.82) is 0 Å². The quantitative estimate of drug-likeness (QED) is 0.900. The van der Waals surface area contributed by atoms with Crippen molar-refractivity contribution in [2.24, 2.45) is 0 Å². The molecule has 6 heteroatoms. The molecule has 2 amide bonds. The average molecular weight is 337 g/mol. The van der Waals surface area contributed by atoms with E-state index in [4.69, 9.17) is 4.42 Å². The predicted octanol–water partition coefficient (Wildman–Crippen LogP) is 2.33. The van der Waals surface area contributed by atoms with Crippen LogP contribution in [0.15, 0.2) is 45.7 Å². The average Bonchev–Trinajstić information content (AvgIpc) is 2.90. The van der Waals surface area contributed by atoms with Gasteiger partial charge >= 0.3 is 0 Å². The Kier molecular flexibility index (Phi) is 4.57. The zero-order chi connectivity index (χ0) is 14.5. The van der Waals surface area contributed by atoms with E-state index in [1.54, 1.807) is 37.4 Å². The number of furan rings is 1. The third-order valence-electron chi connectivity index (χ3n) is 2.76. The number of nitrogens with one attached hydrogen (secondary N) is 2. The summed E-state index contributed by atoms with van der Waals surface area (Å²) in [5.74, 6) is -0.357. The highest BCUT2D eigenvalue weighted by Crippen LogP contribution is 2.17. The van der Waals surface area contributed by atoms with Crippen LogP contribution in [0.1, 0.15) is 26.3 Å². The molecule has 0 aliphatic carbocycles. The summed E-state index contributed by atoms with van der Waals surface area (Å²) in [7, 11) is 1.58. The van der Waals surface area contributed by atoms with E-state index in [2.05, 4.69) is 26.6 Å². The summed E-state index contributed by atoms with van der Waals surface area (Å²) in [5.41, 5.74) is 1.94. The molecule has 0 bridgehead atoms. The minimum Gasteiger partial charge on any atom is -0.457 e. The summed E-state index contributed by atoms with van der Waals surface area (Å²) in [6, 6.07) is 8.63. The van der Waals surface area contributed by atoms with Crippen LogP contribution in [0.2, 0.25) is 0 Å². The van der Waals surface area contributed by atoms with Gasteiger partial charge in [0, 0.05) is 19.2 Å². The number of carbonyl (C=O) groups is 2. The lowest BCUT2D eigenvalue weighted by molar-refractivity contribution is 0.0944. The molecule has 2 N–H and O–H groups in total. The summed E-state index contributed by atoms with van der Waals surface area (Å²) in [6.45, 7) is 0.379. The van der Waals surface area contributed by atoms with Crippen molar-refractivity contribution in [3.8, 4) is 0 Å². The van der Waals surface area contributed by atoms with Gasteiger partial charge in [-0.3, -0.25) is 9.59 Å². The van der Waals surface area contributed by atoms with Crippen molar-refractivity contribution in [2.75, 3.05) is 7.05 Å². The van der Waals surface area contributed by atoms with Crippen LogP contribution < -0.4 is 10.6 Å². The fourth-order valence-corrected chi connectivity index (χ4v) is 2.07. The Balaban J connectivity index is 1.96. The molecule has 2 rings (SSSR count). The maximum Gasteiger partial charge on any atom is 0.256 e. The van der Waals surface area contributed by atoms with E-state index >= 15 is 0 Å². The molecule has 0 aliphatic heterocycles. The van der Waals surface area contributed by atoms with Crippen molar-refractivity contribution in [2.45, 2.75) is 6.54 Å². The second-order valence-electron chi connectivity index (χ2n) is 4.07. The van der Waals surface area contributed by atoms with Gasteiger partial charge in [-0.25, -0.2) is 0 Å². The lowest BCUT2D eigenvalue weighted by atomic mass is 10.1. The number of benzene rings is 1. The van der Waals surface area contributed by atoms with Crippen molar-refractivity contribution in [1.82, 2.24) is 10.6 Å². The second-order valence-corrected chi connectivity index (χ2v) is 4.79. The highest BCUT2D eigenvalue weighted by atomic mass is 79.9. The van der Waals surface area contributed by atoms with Crippen LogP contribution in [-0.4, -0.2) is 18.9 Å². The van der Waals surface area contributed by atoms with Crippen molar-refractivity contribution in [3.05, 3.63) is 58.0 Å². The van der Waals surface area contributed by atoms with Crippen LogP contribution in [-0.2, 0) is 6.54 Å². The van der Waals surface area contributed by atoms with E-state index in [-0.39, 0.29) is 11.8 Å². The summed E-state index contributed by atoms with van der Waals surface area (Å²) in [5, 5.41) is 5.33. The molecule has 0 atom stereocenters. The lowest BCUT2D eigenvalue weighted by Crippen LogP contribution is -2.22. The molecule has 20 heavy (non-hydrogen) atoms. The van der Waals surface area contributed by atoms with Crippen LogP contribution in [0.5, 0.6) is 0 Å². The first-order chi connectivity index (χ1) is 9.61. The van der Waals surface area contributed by atoms with Gasteiger partial charge < -0.3 is 15.1 Å². The van der Waals surface area contributed by atoms with Gasteiger partial charge in [0.25, 0.3) is 11.8 Å². The van der Waals surface area contributed by atoms with Gasteiger partial charge in [-0.1, -0.05) is 12.1 Å². The van der Waals surface area contributed by atoms with Gasteiger partial charge in [-0.15, -0.1) is 0 Å². The summed E-state index contributed by atoms with van der Waals surface area (Å²) in [4.78, 5) is 23.2. The first kappa shape index (κ1) is 14.3. The Bertz CT molecular complexity index is 620. The van der Waals surface area contributed by atoms with Crippen molar-refractivity contribution < 1.29 is 14.0 Å². The molecule has 0 radical (unpaired) electrons. The molecule has 1 heterocycles. The van der Waals surface area contributed by atoms with Crippen LogP contribution in [0.4, 0.5) is 0 Å². The first-order valence-corrected chi connectivity index (χ1v) is 6.73. The number of carbonyl (C=O) groups excluding carboxylic acids is 2. The minimum absolute atomic E-state index is 0.136. The maximum atomic E-state index is 11.9. The highest BCUT2D eigenvalue weighted by molar-refractivity contribution is 9.10. The van der Waals surface area contributed by atoms with Gasteiger partial charge in [0.2, 0.25) is 0 Å². The Morgan fingerprint density at radius 1 is 1.15 bits per heavy atom. The van der Waals surface area contributed by atoms with E-state index < -0.39 is 0 Å². The lowest BCUT2D eigenvalue weighted by Gasteiger charge is -2.05. The molecule has 1 aromatic carbocycles. The molecule has 0 aliphatic rings. The van der Waals surface area contributed by atoms with E-state index in [0.29, 0.717) is 22.3 Å². The Morgan fingerprint density at radius 3 is 2.40 bits per heavy atom. The van der Waals surface area contributed by atoms with Gasteiger partial charge in [-0.2, -0.15) is 0 Å². The highest BCUT2D eigenvalue weighted by Gasteiger charge is 2.12. The molecule has 104 valence electrons. The molecule has 5 nitrogen and oxygen atoms in total. The summed E-state index contributed by atoms with van der Waals surface area (Å²) >= 11 is 3.15. The minimum atomic E-state index is -0.221. The molecule has 2 aromatic rings. The van der Waals surface area contributed by atoms with Crippen LogP contribution in [0, 0.1) is 0 Å². The largest absolute Gasteiger partial charge is 0.457 e. The summed E-state index contributed by atoms with van der Waals surface area (Å²) in [6.07, 6.45) is 1.44. The predicted molar refractivity (Wildman–Crippen MR) is 77.4 cm³/mol. The second kappa shape index (κ2) is 6.38. The molecule has 1 aromatic heterocycles. The monoisotopic (exact) mass is 336 g/mol. The van der Waals surface area contributed by atoms with E-state index in [0.717, 1.165) is 5.56 Å². The Hall–Kier alpha value is -2.08. The summed E-state index contributed by atoms with van der Waals surface area (Å²) < 4.78 is 5.41. The van der Waals surface area contributed by atoms with Crippen LogP contribution >= 0.6 is 15.9 Å². The van der Waals surface area contributed by atoms with E-state index in [1.807, 2.05) is 0 Å². The number of halogens is 1. The molecule has 0 saturated carbocycles. The standard InChI is InChI=1S/C14H13BrN2O3/c1-16-13(18)10-4-2-9(3-5-10)8-17-14(19)11-6-7-20-12(11)15/h2-7H,8H2,1H3,(H,16,18)(H,17,19). The fraction of sp³-hybridized carbons (Fsp3) is 0.143. The zero-order valence-corrected chi connectivity index (χ0v) is 12.4. The molecule has 0 spiro atoms. The number of amides is 2. The van der Waals surface area contributed by atoms with Gasteiger partial charge in [0.1, 0.15) is 0 Å². The van der Waals surface area contributed by atoms with E-state index in [1.165, 1.54) is 6.26 Å². The normalized spacial score (nSPS) is 10.1. The van der Waals surface area contributed by atoms with Gasteiger partial charge in [0.05, 0.1) is 11.8 Å². The van der Waals surface area contributed by atoms with Crippen molar-refractivity contribution >= 4 is 27.7 Å². The molecule has 0 fully saturated rings.